The van der Waals surface area contributed by atoms with Gasteiger partial charge < -0.3 is 4.42 Å². The topological polar surface area (TPSA) is 26.0 Å². The first-order valence-electron chi connectivity index (χ1n) is 4.33. The molecular weight excluding hydrogens is 249 g/mol. The Kier molecular flexibility index (Phi) is 2.31. The van der Waals surface area contributed by atoms with Crippen molar-refractivity contribution in [3.63, 3.8) is 0 Å². The summed E-state index contributed by atoms with van der Waals surface area (Å²) in [6.45, 7) is 3.91. The number of hydrogen-bond donors (Lipinski definition) is 0. The van der Waals surface area contributed by atoms with Crippen LogP contribution in [0.15, 0.2) is 21.0 Å². The summed E-state index contributed by atoms with van der Waals surface area (Å²) in [7, 11) is 0. The second kappa shape index (κ2) is 3.35. The van der Waals surface area contributed by atoms with Crippen LogP contribution < -0.4 is 0 Å². The van der Waals surface area contributed by atoms with Gasteiger partial charge in [0, 0.05) is 10.4 Å². The van der Waals surface area contributed by atoms with Gasteiger partial charge in [0.05, 0.1) is 0 Å². The molecule has 2 nitrogen and oxygen atoms in total. The molecule has 0 aliphatic carbocycles. The number of aromatic nitrogens is 1. The summed E-state index contributed by atoms with van der Waals surface area (Å²) in [5.74, 6) is 0.353. The molecule has 0 saturated carbocycles. The van der Waals surface area contributed by atoms with Crippen molar-refractivity contribution in [3.8, 4) is 0 Å². The molecule has 0 atom stereocenters. The molecule has 74 valence electrons. The van der Waals surface area contributed by atoms with Gasteiger partial charge in [-0.15, -0.1) is 0 Å². The Morgan fingerprint density at radius 3 is 2.79 bits per heavy atom. The third-order valence-electron chi connectivity index (χ3n) is 1.92. The molecule has 0 unspecified atom stereocenters. The molecule has 14 heavy (non-hydrogen) atoms. The number of hydrogen-bond acceptors (Lipinski definition) is 2. The van der Waals surface area contributed by atoms with Gasteiger partial charge in [-0.25, -0.2) is 9.37 Å². The predicted octanol–water partition coefficient (Wildman–Crippen LogP) is 3.85. The average Bonchev–Trinajstić information content (AvgIpc) is 2.47. The maximum atomic E-state index is 13.4. The molecule has 0 bridgehead atoms. The predicted molar refractivity (Wildman–Crippen MR) is 55.8 cm³/mol. The molecule has 2 rings (SSSR count). The fraction of sp³-hybridized carbons (Fsp3) is 0.300. The molecule has 0 spiro atoms. The number of halogens is 2. The van der Waals surface area contributed by atoms with Gasteiger partial charge in [-0.3, -0.25) is 0 Å². The third-order valence-corrected chi connectivity index (χ3v) is 2.38. The van der Waals surface area contributed by atoms with Gasteiger partial charge in [0.15, 0.2) is 17.3 Å². The summed E-state index contributed by atoms with van der Waals surface area (Å²) in [6, 6.07) is 3.12. The van der Waals surface area contributed by atoms with Crippen LogP contribution in [-0.2, 0) is 0 Å². The van der Waals surface area contributed by atoms with E-state index in [-0.39, 0.29) is 17.3 Å². The molecule has 0 radical (unpaired) electrons. The van der Waals surface area contributed by atoms with Crippen LogP contribution in [0.25, 0.3) is 11.1 Å². The molecule has 0 N–H and O–H groups in total. The second-order valence-electron chi connectivity index (χ2n) is 3.44. The van der Waals surface area contributed by atoms with E-state index in [0.717, 1.165) is 0 Å². The number of benzene rings is 1. The van der Waals surface area contributed by atoms with Crippen LogP contribution >= 0.6 is 15.9 Å². The first-order chi connectivity index (χ1) is 6.58. The van der Waals surface area contributed by atoms with Gasteiger partial charge in [0.25, 0.3) is 0 Å². The lowest BCUT2D eigenvalue weighted by Crippen LogP contribution is -1.84. The zero-order valence-electron chi connectivity index (χ0n) is 7.84. The lowest BCUT2D eigenvalue weighted by atomic mass is 10.2. The molecule has 2 aromatic rings. The Morgan fingerprint density at radius 2 is 2.14 bits per heavy atom. The van der Waals surface area contributed by atoms with Crippen molar-refractivity contribution < 1.29 is 8.81 Å². The number of nitrogens with zero attached hydrogens (tertiary/aromatic N) is 1. The Labute approximate surface area is 89.3 Å². The van der Waals surface area contributed by atoms with E-state index >= 15 is 0 Å². The van der Waals surface area contributed by atoms with Crippen LogP contribution in [0.3, 0.4) is 0 Å². The van der Waals surface area contributed by atoms with E-state index < -0.39 is 0 Å². The number of fused-ring (bicyclic) bond motifs is 1. The monoisotopic (exact) mass is 257 g/mol. The Morgan fingerprint density at radius 1 is 1.43 bits per heavy atom. The van der Waals surface area contributed by atoms with Crippen molar-refractivity contribution in [1.82, 2.24) is 4.98 Å². The highest BCUT2D eigenvalue weighted by Crippen LogP contribution is 2.26. The summed E-state index contributed by atoms with van der Waals surface area (Å²) in [6.07, 6.45) is 0. The molecule has 0 aliphatic rings. The van der Waals surface area contributed by atoms with Crippen LogP contribution in [-0.4, -0.2) is 4.98 Å². The van der Waals surface area contributed by atoms with Crippen LogP contribution in [0.1, 0.15) is 25.7 Å². The van der Waals surface area contributed by atoms with Crippen molar-refractivity contribution >= 4 is 27.0 Å². The van der Waals surface area contributed by atoms with Crippen LogP contribution in [0, 0.1) is 5.82 Å². The van der Waals surface area contributed by atoms with Crippen LogP contribution in [0.4, 0.5) is 4.39 Å². The maximum Gasteiger partial charge on any atom is 0.198 e. The maximum absolute atomic E-state index is 13.4. The zero-order chi connectivity index (χ0) is 10.3. The van der Waals surface area contributed by atoms with E-state index in [4.69, 9.17) is 4.42 Å². The van der Waals surface area contributed by atoms with E-state index in [1.54, 1.807) is 6.07 Å². The largest absolute Gasteiger partial charge is 0.437 e. The molecule has 0 saturated heterocycles. The summed E-state index contributed by atoms with van der Waals surface area (Å²) >= 11 is 3.21. The average molecular weight is 258 g/mol. The third kappa shape index (κ3) is 1.54. The minimum absolute atomic E-state index is 0.167. The van der Waals surface area contributed by atoms with E-state index in [1.165, 1.54) is 6.07 Å². The van der Waals surface area contributed by atoms with E-state index in [1.807, 2.05) is 13.8 Å². The smallest absolute Gasteiger partial charge is 0.198 e. The minimum atomic E-state index is -0.381. The van der Waals surface area contributed by atoms with Gasteiger partial charge in [-0.05, 0) is 12.1 Å². The van der Waals surface area contributed by atoms with Crippen molar-refractivity contribution in [2.45, 2.75) is 19.8 Å². The molecule has 0 fully saturated rings. The van der Waals surface area contributed by atoms with E-state index in [0.29, 0.717) is 15.9 Å². The fourth-order valence-electron chi connectivity index (χ4n) is 1.22. The van der Waals surface area contributed by atoms with Gasteiger partial charge in [-0.1, -0.05) is 29.8 Å². The molecule has 1 heterocycles. The van der Waals surface area contributed by atoms with Gasteiger partial charge in [0.2, 0.25) is 0 Å². The first-order valence-corrected chi connectivity index (χ1v) is 5.12. The zero-order valence-corrected chi connectivity index (χ0v) is 9.43. The van der Waals surface area contributed by atoms with Crippen molar-refractivity contribution in [1.29, 1.82) is 0 Å². The minimum Gasteiger partial charge on any atom is -0.437 e. The number of rotatable bonds is 1. The Hall–Kier alpha value is -0.900. The Balaban J connectivity index is 2.70. The Bertz CT molecular complexity index is 478. The fourth-order valence-corrected chi connectivity index (χ4v) is 1.64. The second-order valence-corrected chi connectivity index (χ2v) is 4.36. The standard InChI is InChI=1S/C10H9BrFNO/c1-5(2)10-13-8-4-6(11)3-7(12)9(8)14-10/h3-5H,1-2H3. The van der Waals surface area contributed by atoms with Crippen molar-refractivity contribution in [3.05, 3.63) is 28.3 Å². The first kappa shape index (κ1) is 9.65. The van der Waals surface area contributed by atoms with Gasteiger partial charge in [0.1, 0.15) is 5.52 Å². The summed E-state index contributed by atoms with van der Waals surface area (Å²) in [5, 5.41) is 0. The molecule has 1 aromatic carbocycles. The number of oxazole rings is 1. The van der Waals surface area contributed by atoms with Gasteiger partial charge in [-0.2, -0.15) is 0 Å². The summed E-state index contributed by atoms with van der Waals surface area (Å²) in [4.78, 5) is 4.20. The van der Waals surface area contributed by atoms with Gasteiger partial charge >= 0.3 is 0 Å². The highest BCUT2D eigenvalue weighted by Gasteiger charge is 2.13. The summed E-state index contributed by atoms with van der Waals surface area (Å²) in [5.41, 5.74) is 0.789. The van der Waals surface area contributed by atoms with Crippen molar-refractivity contribution in [2.24, 2.45) is 0 Å². The molecule has 0 aliphatic heterocycles. The van der Waals surface area contributed by atoms with Crippen LogP contribution in [0.2, 0.25) is 0 Å². The molecule has 0 amide bonds. The van der Waals surface area contributed by atoms with E-state index in [9.17, 15) is 4.39 Å². The van der Waals surface area contributed by atoms with E-state index in [2.05, 4.69) is 20.9 Å². The highest BCUT2D eigenvalue weighted by atomic mass is 79.9. The molecule has 4 heteroatoms. The van der Waals surface area contributed by atoms with Crippen LogP contribution in [0.5, 0.6) is 0 Å². The molecule has 1 aromatic heterocycles. The normalized spacial score (nSPS) is 11.5. The highest BCUT2D eigenvalue weighted by molar-refractivity contribution is 9.10. The SMILES string of the molecule is CC(C)c1nc2cc(Br)cc(F)c2o1. The quantitative estimate of drug-likeness (QED) is 0.776. The lowest BCUT2D eigenvalue weighted by molar-refractivity contribution is 0.484. The van der Waals surface area contributed by atoms with Crippen molar-refractivity contribution in [2.75, 3.05) is 0 Å². The summed E-state index contributed by atoms with van der Waals surface area (Å²) < 4.78 is 19.3. The lowest BCUT2D eigenvalue weighted by Gasteiger charge is -1.93. The molecular formula is C10H9BrFNO.